The quantitative estimate of drug-likeness (QED) is 0.121. The number of aromatic nitrogens is 1. The lowest BCUT2D eigenvalue weighted by atomic mass is 9.97. The largest absolute Gasteiger partial charge is 0.310 e. The molecule has 0 atom stereocenters. The lowest BCUT2D eigenvalue weighted by molar-refractivity contribution is 1.18. The van der Waals surface area contributed by atoms with Crippen LogP contribution in [0, 0.1) is 0 Å². The molecule has 70 heavy (non-hydrogen) atoms. The van der Waals surface area contributed by atoms with Gasteiger partial charge in [-0.1, -0.05) is 176 Å². The first-order valence-electron chi connectivity index (χ1n) is 23.8. The van der Waals surface area contributed by atoms with Gasteiger partial charge in [-0.3, -0.25) is 0 Å². The fraction of sp³-hybridized carbons (Fsp3) is 0. The summed E-state index contributed by atoms with van der Waals surface area (Å²) >= 11 is 0. The van der Waals surface area contributed by atoms with Crippen molar-refractivity contribution in [2.45, 2.75) is 0 Å². The maximum absolute atomic E-state index is 2.43. The molecule has 0 aliphatic rings. The van der Waals surface area contributed by atoms with E-state index in [1.165, 1.54) is 33.0 Å². The Morgan fingerprint density at radius 2 is 0.586 bits per heavy atom. The highest BCUT2D eigenvalue weighted by atomic mass is 15.2. The van der Waals surface area contributed by atoms with E-state index >= 15 is 0 Å². The Hall–Kier alpha value is -9.38. The summed E-state index contributed by atoms with van der Waals surface area (Å²) in [6, 6.07) is 104. The average Bonchev–Trinajstić information content (AvgIpc) is 3.77. The highest BCUT2D eigenvalue weighted by Gasteiger charge is 2.23. The van der Waals surface area contributed by atoms with E-state index in [1.54, 1.807) is 0 Å². The predicted molar refractivity (Wildman–Crippen MR) is 296 cm³/mol. The Bertz CT molecular complexity index is 3480. The molecule has 11 aromatic carbocycles. The van der Waals surface area contributed by atoms with Gasteiger partial charge in [0.1, 0.15) is 0 Å². The van der Waals surface area contributed by atoms with Gasteiger partial charge in [0.15, 0.2) is 0 Å². The first-order chi connectivity index (χ1) is 34.7. The molecule has 0 radical (unpaired) electrons. The van der Waals surface area contributed by atoms with E-state index in [0.29, 0.717) is 0 Å². The van der Waals surface area contributed by atoms with Crippen molar-refractivity contribution < 1.29 is 0 Å². The highest BCUT2D eigenvalue weighted by molar-refractivity contribution is 6.16. The summed E-state index contributed by atoms with van der Waals surface area (Å²) in [7, 11) is 0. The second kappa shape index (κ2) is 18.7. The van der Waals surface area contributed by atoms with Crippen LogP contribution >= 0.6 is 0 Å². The van der Waals surface area contributed by atoms with Crippen LogP contribution in [0.15, 0.2) is 291 Å². The zero-order valence-electron chi connectivity index (χ0n) is 38.5. The number of anilines is 9. The van der Waals surface area contributed by atoms with Gasteiger partial charge < -0.3 is 19.3 Å². The summed E-state index contributed by atoms with van der Waals surface area (Å²) in [5.41, 5.74) is 17.7. The minimum atomic E-state index is 1.03. The van der Waals surface area contributed by atoms with Crippen LogP contribution in [-0.4, -0.2) is 4.57 Å². The first kappa shape index (κ1) is 42.0. The van der Waals surface area contributed by atoms with Crippen LogP contribution in [0.2, 0.25) is 0 Å². The van der Waals surface area contributed by atoms with Crippen molar-refractivity contribution in [3.63, 3.8) is 0 Å². The Balaban J connectivity index is 1.07. The van der Waals surface area contributed by atoms with Crippen molar-refractivity contribution in [3.8, 4) is 27.9 Å². The van der Waals surface area contributed by atoms with Gasteiger partial charge in [0, 0.05) is 67.6 Å². The van der Waals surface area contributed by atoms with Gasteiger partial charge in [-0.15, -0.1) is 0 Å². The molecule has 0 unspecified atom stereocenters. The lowest BCUT2D eigenvalue weighted by Crippen LogP contribution is -2.14. The lowest BCUT2D eigenvalue weighted by Gasteiger charge is -2.31. The fourth-order valence-corrected chi connectivity index (χ4v) is 9.96. The predicted octanol–water partition coefficient (Wildman–Crippen LogP) is 18.5. The van der Waals surface area contributed by atoms with Crippen LogP contribution in [0.25, 0.3) is 49.7 Å². The maximum Gasteiger partial charge on any atom is 0.0562 e. The summed E-state index contributed by atoms with van der Waals surface area (Å²) < 4.78 is 2.43. The molecule has 4 nitrogen and oxygen atoms in total. The molecule has 4 heteroatoms. The number of hydrogen-bond acceptors (Lipinski definition) is 3. The third kappa shape index (κ3) is 8.04. The molecule has 0 bridgehead atoms. The minimum absolute atomic E-state index is 1.03. The number of rotatable bonds is 12. The number of nitrogens with zero attached hydrogens (tertiary/aromatic N) is 4. The second-order valence-corrected chi connectivity index (χ2v) is 17.4. The number of para-hydroxylation sites is 5. The van der Waals surface area contributed by atoms with E-state index in [-0.39, 0.29) is 0 Å². The average molecular weight is 897 g/mol. The first-order valence-corrected chi connectivity index (χ1v) is 23.8. The molecule has 12 aromatic rings. The molecule has 1 heterocycles. The molecule has 0 amide bonds. The summed E-state index contributed by atoms with van der Waals surface area (Å²) in [4.78, 5) is 7.06. The SMILES string of the molecule is c1ccc(-c2ccc(-c3cccc4c3c3ccc(N(c5cccc(N(c6ccccc6)c6ccccc6)c5)c5cccc(N(c6ccccc6)c6ccccc6)c5)cc3n4-c3ccccc3)cc2)cc1. The van der Waals surface area contributed by atoms with Gasteiger partial charge in [-0.05, 0) is 138 Å². The molecule has 0 fully saturated rings. The van der Waals surface area contributed by atoms with Crippen molar-refractivity contribution in [2.75, 3.05) is 14.7 Å². The van der Waals surface area contributed by atoms with Crippen LogP contribution in [0.3, 0.4) is 0 Å². The summed E-state index contributed by atoms with van der Waals surface area (Å²) in [5, 5.41) is 2.41. The van der Waals surface area contributed by atoms with E-state index in [0.717, 1.165) is 67.9 Å². The molecule has 0 N–H and O–H groups in total. The molecule has 0 saturated carbocycles. The molecule has 0 aliphatic carbocycles. The molecular formula is C66H48N4. The van der Waals surface area contributed by atoms with Crippen molar-refractivity contribution >= 4 is 73.0 Å². The van der Waals surface area contributed by atoms with Crippen molar-refractivity contribution in [1.82, 2.24) is 4.57 Å². The molecule has 0 aliphatic heterocycles. The zero-order chi connectivity index (χ0) is 46.6. The van der Waals surface area contributed by atoms with Crippen molar-refractivity contribution in [3.05, 3.63) is 291 Å². The van der Waals surface area contributed by atoms with Crippen molar-refractivity contribution in [1.29, 1.82) is 0 Å². The van der Waals surface area contributed by atoms with E-state index in [1.807, 2.05) is 0 Å². The monoisotopic (exact) mass is 896 g/mol. The van der Waals surface area contributed by atoms with Gasteiger partial charge >= 0.3 is 0 Å². The Morgan fingerprint density at radius 3 is 1.06 bits per heavy atom. The molecule has 0 saturated heterocycles. The van der Waals surface area contributed by atoms with E-state index < -0.39 is 0 Å². The van der Waals surface area contributed by atoms with E-state index in [9.17, 15) is 0 Å². The Morgan fingerprint density at radius 1 is 0.229 bits per heavy atom. The second-order valence-electron chi connectivity index (χ2n) is 17.4. The van der Waals surface area contributed by atoms with Gasteiger partial charge in [0.05, 0.1) is 11.0 Å². The van der Waals surface area contributed by atoms with Crippen LogP contribution in [0.4, 0.5) is 51.2 Å². The van der Waals surface area contributed by atoms with Crippen LogP contribution in [-0.2, 0) is 0 Å². The normalized spacial score (nSPS) is 11.1. The van der Waals surface area contributed by atoms with Gasteiger partial charge in [-0.25, -0.2) is 0 Å². The van der Waals surface area contributed by atoms with Gasteiger partial charge in [0.2, 0.25) is 0 Å². The maximum atomic E-state index is 2.43. The van der Waals surface area contributed by atoms with Crippen LogP contribution in [0.5, 0.6) is 0 Å². The van der Waals surface area contributed by atoms with E-state index in [2.05, 4.69) is 310 Å². The number of hydrogen-bond donors (Lipinski definition) is 0. The fourth-order valence-electron chi connectivity index (χ4n) is 9.96. The molecule has 1 aromatic heterocycles. The molecule has 12 rings (SSSR count). The third-order valence-corrected chi connectivity index (χ3v) is 13.1. The summed E-state index contributed by atoms with van der Waals surface area (Å²) in [5.74, 6) is 0. The summed E-state index contributed by atoms with van der Waals surface area (Å²) in [6.07, 6.45) is 0. The Kier molecular flexibility index (Phi) is 11.2. The Labute approximate surface area is 409 Å². The zero-order valence-corrected chi connectivity index (χ0v) is 38.5. The van der Waals surface area contributed by atoms with Crippen LogP contribution < -0.4 is 14.7 Å². The third-order valence-electron chi connectivity index (χ3n) is 13.1. The molecule has 332 valence electrons. The topological polar surface area (TPSA) is 14.7 Å². The van der Waals surface area contributed by atoms with Gasteiger partial charge in [0.25, 0.3) is 0 Å². The van der Waals surface area contributed by atoms with Gasteiger partial charge in [-0.2, -0.15) is 0 Å². The minimum Gasteiger partial charge on any atom is -0.310 e. The molecule has 0 spiro atoms. The summed E-state index contributed by atoms with van der Waals surface area (Å²) in [6.45, 7) is 0. The highest BCUT2D eigenvalue weighted by Crippen LogP contribution is 2.46. The smallest absolute Gasteiger partial charge is 0.0562 e. The number of benzene rings is 11. The molecular weight excluding hydrogens is 849 g/mol. The van der Waals surface area contributed by atoms with Crippen molar-refractivity contribution in [2.24, 2.45) is 0 Å². The van der Waals surface area contributed by atoms with Crippen LogP contribution in [0.1, 0.15) is 0 Å². The number of fused-ring (bicyclic) bond motifs is 3. The standard InChI is InChI=1S/C66H48N4/c1-7-22-49(23-8-1)50-40-42-51(43-41-50)62-38-21-39-64-66(62)63-45-44-61(48-65(63)70(64)56-32-17-6-18-33-56)69(59-36-19-34-57(46-59)67(52-24-9-2-10-25-52)53-26-11-3-12-27-53)60-37-20-35-58(47-60)68(54-28-13-4-14-29-54)55-30-15-5-16-31-55/h1-48H. The van der Waals surface area contributed by atoms with E-state index in [4.69, 9.17) is 0 Å².